The smallest absolute Gasteiger partial charge is 0.353 e. The van der Waals surface area contributed by atoms with Crippen LogP contribution in [-0.4, -0.2) is 46.5 Å². The Morgan fingerprint density at radius 1 is 1.11 bits per heavy atom. The highest BCUT2D eigenvalue weighted by atomic mass is 32.1. The first-order chi connectivity index (χ1) is 18.3. The molecule has 7 nitrogen and oxygen atoms in total. The predicted octanol–water partition coefficient (Wildman–Crippen LogP) is 4.95. The third-order valence-electron chi connectivity index (χ3n) is 6.70. The van der Waals surface area contributed by atoms with Crippen molar-refractivity contribution in [2.45, 2.75) is 18.8 Å². The molecule has 0 saturated carbocycles. The van der Waals surface area contributed by atoms with Crippen molar-refractivity contribution in [2.75, 3.05) is 24.5 Å². The summed E-state index contributed by atoms with van der Waals surface area (Å²) in [7, 11) is 0. The molecule has 3 N–H and O–H groups in total. The number of fused-ring (bicyclic) bond motifs is 2. The minimum absolute atomic E-state index is 0.0927. The summed E-state index contributed by atoms with van der Waals surface area (Å²) < 4.78 is 40.1. The molecular weight excluding hydrogens is 513 g/mol. The van der Waals surface area contributed by atoms with E-state index < -0.39 is 17.8 Å². The van der Waals surface area contributed by atoms with E-state index in [1.54, 1.807) is 11.3 Å². The molecule has 4 heterocycles. The summed E-state index contributed by atoms with van der Waals surface area (Å²) in [5.41, 5.74) is 2.17. The predicted molar refractivity (Wildman–Crippen MR) is 142 cm³/mol. The van der Waals surface area contributed by atoms with Crippen LogP contribution in [0.4, 0.5) is 19.0 Å². The zero-order valence-corrected chi connectivity index (χ0v) is 20.9. The minimum Gasteiger partial charge on any atom is -0.353 e. The lowest BCUT2D eigenvalue weighted by molar-refractivity contribution is -0.137. The van der Waals surface area contributed by atoms with Crippen molar-refractivity contribution in [3.8, 4) is 11.3 Å². The van der Waals surface area contributed by atoms with E-state index in [-0.39, 0.29) is 5.91 Å². The van der Waals surface area contributed by atoms with Crippen LogP contribution in [0.2, 0.25) is 0 Å². The van der Waals surface area contributed by atoms with Gasteiger partial charge in [0, 0.05) is 36.6 Å². The summed E-state index contributed by atoms with van der Waals surface area (Å²) >= 11 is 1.69. The number of nitrogens with one attached hydrogen (secondary N) is 3. The monoisotopic (exact) mass is 536 g/mol. The molecule has 1 saturated heterocycles. The minimum atomic E-state index is -4.39. The van der Waals surface area contributed by atoms with Gasteiger partial charge in [-0.05, 0) is 58.3 Å². The number of nitrogens with zero attached hydrogens (tertiary/aromatic N) is 3. The van der Waals surface area contributed by atoms with Crippen LogP contribution in [0.5, 0.6) is 0 Å². The van der Waals surface area contributed by atoms with E-state index in [0.717, 1.165) is 23.1 Å². The topological polar surface area (TPSA) is 85.9 Å². The third-order valence-corrected chi connectivity index (χ3v) is 7.60. The number of benzene rings is 2. The van der Waals surface area contributed by atoms with Gasteiger partial charge in [-0.3, -0.25) is 4.79 Å². The van der Waals surface area contributed by atoms with Crippen LogP contribution in [0.15, 0.2) is 66.3 Å². The summed E-state index contributed by atoms with van der Waals surface area (Å²) in [5.74, 6) is 0.580. The van der Waals surface area contributed by atoms with Crippen molar-refractivity contribution in [3.05, 3.63) is 77.4 Å². The average Bonchev–Trinajstić information content (AvgIpc) is 3.58. The Bertz CT molecular complexity index is 1610. The molecule has 11 heteroatoms. The largest absolute Gasteiger partial charge is 0.416 e. The van der Waals surface area contributed by atoms with Gasteiger partial charge in [0.1, 0.15) is 23.8 Å². The molecule has 0 spiro atoms. The maximum Gasteiger partial charge on any atom is 0.416 e. The van der Waals surface area contributed by atoms with Gasteiger partial charge in [0.2, 0.25) is 5.91 Å². The number of piperazine rings is 1. The van der Waals surface area contributed by atoms with E-state index in [1.165, 1.54) is 28.5 Å². The number of hydrogen-bond donors (Lipinski definition) is 3. The van der Waals surface area contributed by atoms with Gasteiger partial charge in [-0.2, -0.15) is 13.2 Å². The Hall–Kier alpha value is -3.96. The normalized spacial score (nSPS) is 16.3. The summed E-state index contributed by atoms with van der Waals surface area (Å²) in [4.78, 5) is 27.0. The van der Waals surface area contributed by atoms with E-state index in [0.29, 0.717) is 48.9 Å². The number of hydrogen-bond acceptors (Lipinski definition) is 6. The van der Waals surface area contributed by atoms with Gasteiger partial charge in [-0.1, -0.05) is 18.2 Å². The molecule has 194 valence electrons. The SMILES string of the molecule is O=C(NCc1ccc2sccc2c1)[C@@H]1CN(c2ncnc3[nH]c(-c4ccc(C(F)(F)F)cc4)cc23)CCN1. The zero-order valence-electron chi connectivity index (χ0n) is 20.0. The van der Waals surface area contributed by atoms with Crippen molar-refractivity contribution in [2.24, 2.45) is 0 Å². The number of H-pyrrole nitrogens is 1. The number of carbonyl (C=O) groups excluding carboxylic acids is 1. The van der Waals surface area contributed by atoms with Crippen LogP contribution >= 0.6 is 11.3 Å². The van der Waals surface area contributed by atoms with E-state index in [1.807, 2.05) is 17.0 Å². The second-order valence-corrected chi connectivity index (χ2v) is 10.1. The van der Waals surface area contributed by atoms with Gasteiger partial charge in [0.15, 0.2) is 0 Å². The summed E-state index contributed by atoms with van der Waals surface area (Å²) in [5, 5.41) is 10.3. The lowest BCUT2D eigenvalue weighted by atomic mass is 10.1. The average molecular weight is 537 g/mol. The fraction of sp³-hybridized carbons (Fsp3) is 0.222. The van der Waals surface area contributed by atoms with E-state index in [4.69, 9.17) is 0 Å². The second-order valence-electron chi connectivity index (χ2n) is 9.18. The quantitative estimate of drug-likeness (QED) is 0.296. The number of aromatic amines is 1. The first-order valence-corrected chi connectivity index (χ1v) is 13.0. The van der Waals surface area contributed by atoms with Gasteiger partial charge >= 0.3 is 6.18 Å². The fourth-order valence-electron chi connectivity index (χ4n) is 4.73. The highest BCUT2D eigenvalue weighted by Crippen LogP contribution is 2.33. The Kier molecular flexibility index (Phi) is 6.24. The van der Waals surface area contributed by atoms with Crippen molar-refractivity contribution >= 4 is 44.2 Å². The van der Waals surface area contributed by atoms with E-state index in [2.05, 4.69) is 49.2 Å². The third kappa shape index (κ3) is 4.82. The lowest BCUT2D eigenvalue weighted by Crippen LogP contribution is -2.57. The lowest BCUT2D eigenvalue weighted by Gasteiger charge is -2.34. The van der Waals surface area contributed by atoms with Crippen LogP contribution in [0, 0.1) is 0 Å². The molecule has 1 fully saturated rings. The van der Waals surface area contributed by atoms with Gasteiger partial charge < -0.3 is 20.5 Å². The molecule has 1 aliphatic rings. The number of aromatic nitrogens is 3. The van der Waals surface area contributed by atoms with Crippen LogP contribution in [0.25, 0.3) is 32.4 Å². The molecule has 3 aromatic heterocycles. The molecule has 0 aliphatic carbocycles. The van der Waals surface area contributed by atoms with Crippen molar-refractivity contribution in [1.82, 2.24) is 25.6 Å². The number of amides is 1. The first-order valence-electron chi connectivity index (χ1n) is 12.1. The Balaban J connectivity index is 1.17. The molecule has 1 aliphatic heterocycles. The molecule has 2 aromatic carbocycles. The van der Waals surface area contributed by atoms with Crippen LogP contribution in [0.1, 0.15) is 11.1 Å². The highest BCUT2D eigenvalue weighted by Gasteiger charge is 2.30. The Morgan fingerprint density at radius 3 is 2.76 bits per heavy atom. The van der Waals surface area contributed by atoms with Crippen LogP contribution < -0.4 is 15.5 Å². The molecule has 38 heavy (non-hydrogen) atoms. The molecule has 0 bridgehead atoms. The summed E-state index contributed by atoms with van der Waals surface area (Å²) in [6.45, 7) is 2.10. The number of alkyl halides is 3. The van der Waals surface area contributed by atoms with Crippen LogP contribution in [-0.2, 0) is 17.5 Å². The molecule has 0 radical (unpaired) electrons. The Labute approximate surface area is 219 Å². The zero-order chi connectivity index (χ0) is 26.3. The van der Waals surface area contributed by atoms with Crippen molar-refractivity contribution in [3.63, 3.8) is 0 Å². The number of carbonyl (C=O) groups is 1. The van der Waals surface area contributed by atoms with Gasteiger partial charge in [0.05, 0.1) is 10.9 Å². The number of anilines is 1. The summed E-state index contributed by atoms with van der Waals surface area (Å²) in [6, 6.07) is 14.6. The molecule has 6 rings (SSSR count). The number of halogens is 3. The molecule has 5 aromatic rings. The number of thiophene rings is 1. The van der Waals surface area contributed by atoms with Gasteiger partial charge in [0.25, 0.3) is 0 Å². The number of rotatable bonds is 5. The van der Waals surface area contributed by atoms with Crippen molar-refractivity contribution in [1.29, 1.82) is 0 Å². The molecule has 1 amide bonds. The summed E-state index contributed by atoms with van der Waals surface area (Å²) in [6.07, 6.45) is -2.94. The molecule has 1 atom stereocenters. The highest BCUT2D eigenvalue weighted by molar-refractivity contribution is 7.17. The Morgan fingerprint density at radius 2 is 1.95 bits per heavy atom. The van der Waals surface area contributed by atoms with Crippen LogP contribution in [0.3, 0.4) is 0 Å². The fourth-order valence-corrected chi connectivity index (χ4v) is 5.50. The standard InChI is InChI=1S/C27H23F3N6OS/c28-27(29,30)19-4-2-17(3-5-19)21-12-20-24(35-21)33-15-34-25(20)36-9-8-31-22(14-36)26(37)32-13-16-1-6-23-18(11-16)7-10-38-23/h1-7,10-12,15,22,31H,8-9,13-14H2,(H,32,37)(H,33,34,35)/t22-/m0/s1. The van der Waals surface area contributed by atoms with Gasteiger partial charge in [-0.25, -0.2) is 9.97 Å². The molecular formula is C27H23F3N6OS. The van der Waals surface area contributed by atoms with E-state index in [9.17, 15) is 18.0 Å². The first kappa shape index (κ1) is 24.4. The van der Waals surface area contributed by atoms with E-state index >= 15 is 0 Å². The second kappa shape index (κ2) is 9.73. The maximum atomic E-state index is 13.0. The van der Waals surface area contributed by atoms with Crippen molar-refractivity contribution < 1.29 is 18.0 Å². The maximum absolute atomic E-state index is 13.0. The van der Waals surface area contributed by atoms with Gasteiger partial charge in [-0.15, -0.1) is 11.3 Å². The molecule has 0 unspecified atom stereocenters.